The number of rotatable bonds is 8. The van der Waals surface area contributed by atoms with E-state index in [4.69, 9.17) is 0 Å². The molecule has 0 unspecified atom stereocenters. The highest BCUT2D eigenvalue weighted by atomic mass is 32.2. The second-order valence-corrected chi connectivity index (χ2v) is 9.57. The van der Waals surface area contributed by atoms with Crippen molar-refractivity contribution in [2.24, 2.45) is 0 Å². The summed E-state index contributed by atoms with van der Waals surface area (Å²) in [6, 6.07) is 10.8. The van der Waals surface area contributed by atoms with E-state index in [-0.39, 0.29) is 23.0 Å². The van der Waals surface area contributed by atoms with E-state index in [1.807, 2.05) is 24.3 Å². The minimum atomic E-state index is -3.82. The maximum Gasteiger partial charge on any atom is 0.254 e. The van der Waals surface area contributed by atoms with Crippen LogP contribution in [0.25, 0.3) is 0 Å². The Morgan fingerprint density at radius 2 is 1.77 bits per heavy atom. The van der Waals surface area contributed by atoms with Crippen LogP contribution in [0.1, 0.15) is 48.2 Å². The highest BCUT2D eigenvalue weighted by molar-refractivity contribution is 7.89. The van der Waals surface area contributed by atoms with E-state index < -0.39 is 21.7 Å². The summed E-state index contributed by atoms with van der Waals surface area (Å²) in [7, 11) is -3.82. The Labute approximate surface area is 177 Å². The van der Waals surface area contributed by atoms with Crippen molar-refractivity contribution in [2.75, 3.05) is 13.1 Å². The third-order valence-electron chi connectivity index (χ3n) is 5.03. The van der Waals surface area contributed by atoms with Gasteiger partial charge in [-0.15, -0.1) is 0 Å². The fourth-order valence-electron chi connectivity index (χ4n) is 3.56. The van der Waals surface area contributed by atoms with Crippen molar-refractivity contribution < 1.29 is 17.6 Å². The lowest BCUT2D eigenvalue weighted by molar-refractivity contribution is 0.0946. The van der Waals surface area contributed by atoms with Crippen LogP contribution in [0.15, 0.2) is 47.4 Å². The molecule has 0 atom stereocenters. The molecule has 1 amide bonds. The molecule has 1 aliphatic rings. The zero-order valence-electron chi connectivity index (χ0n) is 17.3. The summed E-state index contributed by atoms with van der Waals surface area (Å²) < 4.78 is 41.4. The molecule has 162 valence electrons. The van der Waals surface area contributed by atoms with E-state index in [1.165, 1.54) is 12.8 Å². The lowest BCUT2D eigenvalue weighted by Gasteiger charge is -2.18. The first-order valence-electron chi connectivity index (χ1n) is 10.2. The van der Waals surface area contributed by atoms with Gasteiger partial charge >= 0.3 is 0 Å². The molecule has 0 bridgehead atoms. The van der Waals surface area contributed by atoms with E-state index in [1.54, 1.807) is 13.8 Å². The van der Waals surface area contributed by atoms with Crippen molar-refractivity contribution >= 4 is 15.9 Å². The fourth-order valence-corrected chi connectivity index (χ4v) is 4.84. The van der Waals surface area contributed by atoms with Gasteiger partial charge in [0.2, 0.25) is 10.0 Å². The van der Waals surface area contributed by atoms with Crippen LogP contribution in [-0.2, 0) is 23.1 Å². The number of likely N-dealkylation sites (tertiary alicyclic amines) is 1. The molecule has 0 radical (unpaired) electrons. The van der Waals surface area contributed by atoms with E-state index in [2.05, 4.69) is 14.9 Å². The number of nitrogens with zero attached hydrogens (tertiary/aromatic N) is 1. The zero-order chi connectivity index (χ0) is 21.7. The number of hydrogen-bond donors (Lipinski definition) is 2. The molecule has 3 rings (SSSR count). The molecule has 0 saturated carbocycles. The number of sulfonamides is 1. The van der Waals surface area contributed by atoms with Crippen molar-refractivity contribution in [2.45, 2.75) is 50.7 Å². The van der Waals surface area contributed by atoms with Crippen LogP contribution in [-0.4, -0.2) is 38.4 Å². The van der Waals surface area contributed by atoms with Crippen LogP contribution in [0.2, 0.25) is 0 Å². The number of benzene rings is 2. The number of halogens is 1. The Kier molecular flexibility index (Phi) is 7.23. The molecule has 1 heterocycles. The van der Waals surface area contributed by atoms with E-state index in [0.29, 0.717) is 0 Å². The highest BCUT2D eigenvalue weighted by Gasteiger charge is 2.20. The quantitative estimate of drug-likeness (QED) is 0.671. The first-order valence-corrected chi connectivity index (χ1v) is 11.6. The van der Waals surface area contributed by atoms with Crippen molar-refractivity contribution in [3.05, 3.63) is 65.0 Å². The fraction of sp³-hybridized carbons (Fsp3) is 0.409. The second-order valence-electron chi connectivity index (χ2n) is 7.85. The van der Waals surface area contributed by atoms with Crippen molar-refractivity contribution in [1.29, 1.82) is 0 Å². The number of carbonyl (C=O) groups excluding carboxylic acids is 1. The number of carbonyl (C=O) groups is 1. The first kappa shape index (κ1) is 22.4. The molecule has 2 N–H and O–H groups in total. The van der Waals surface area contributed by atoms with E-state index in [0.717, 1.165) is 49.0 Å². The summed E-state index contributed by atoms with van der Waals surface area (Å²) in [5.41, 5.74) is 1.79. The minimum absolute atomic E-state index is 0.141. The molecule has 1 aliphatic heterocycles. The molecule has 2 aromatic carbocycles. The average molecular weight is 434 g/mol. The summed E-state index contributed by atoms with van der Waals surface area (Å²) in [6.45, 7) is 6.57. The third kappa shape index (κ3) is 5.65. The molecule has 2 aromatic rings. The van der Waals surface area contributed by atoms with E-state index >= 15 is 0 Å². The van der Waals surface area contributed by atoms with Gasteiger partial charge in [0.25, 0.3) is 5.91 Å². The van der Waals surface area contributed by atoms with Gasteiger partial charge in [0, 0.05) is 19.1 Å². The van der Waals surface area contributed by atoms with Gasteiger partial charge in [0.1, 0.15) is 5.82 Å². The first-order chi connectivity index (χ1) is 14.3. The Bertz CT molecular complexity index is 1000. The zero-order valence-corrected chi connectivity index (χ0v) is 18.1. The molecule has 8 heteroatoms. The molecule has 30 heavy (non-hydrogen) atoms. The Morgan fingerprint density at radius 3 is 2.43 bits per heavy atom. The van der Waals surface area contributed by atoms with Gasteiger partial charge in [-0.05, 0) is 69.1 Å². The number of nitrogens with one attached hydrogen (secondary N) is 2. The third-order valence-corrected chi connectivity index (χ3v) is 6.69. The Hall–Kier alpha value is -2.29. The average Bonchev–Trinajstić information content (AvgIpc) is 3.19. The summed E-state index contributed by atoms with van der Waals surface area (Å²) >= 11 is 0. The summed E-state index contributed by atoms with van der Waals surface area (Å²) in [6.07, 6.45) is 2.40. The minimum Gasteiger partial charge on any atom is -0.348 e. The highest BCUT2D eigenvalue weighted by Crippen LogP contribution is 2.18. The van der Waals surface area contributed by atoms with Crippen LogP contribution in [0.5, 0.6) is 0 Å². The molecular formula is C22H28FN3O3S. The van der Waals surface area contributed by atoms with Gasteiger partial charge in [-0.2, -0.15) is 0 Å². The van der Waals surface area contributed by atoms with Crippen molar-refractivity contribution in [1.82, 2.24) is 14.9 Å². The Morgan fingerprint density at radius 1 is 1.10 bits per heavy atom. The van der Waals surface area contributed by atoms with Crippen LogP contribution in [0.4, 0.5) is 4.39 Å². The van der Waals surface area contributed by atoms with Gasteiger partial charge in [-0.1, -0.05) is 24.3 Å². The molecule has 0 aromatic heterocycles. The van der Waals surface area contributed by atoms with Crippen molar-refractivity contribution in [3.8, 4) is 0 Å². The molecule has 1 fully saturated rings. The normalized spacial score (nSPS) is 14.9. The van der Waals surface area contributed by atoms with Gasteiger partial charge < -0.3 is 5.32 Å². The number of hydrogen-bond acceptors (Lipinski definition) is 4. The smallest absolute Gasteiger partial charge is 0.254 e. The van der Waals surface area contributed by atoms with Gasteiger partial charge in [0.05, 0.1) is 10.5 Å². The van der Waals surface area contributed by atoms with E-state index in [9.17, 15) is 17.6 Å². The van der Waals surface area contributed by atoms with Crippen LogP contribution in [0.3, 0.4) is 0 Å². The maximum atomic E-state index is 14.3. The SMILES string of the molecule is CC(C)NS(=O)(=O)c1ccc(F)c(C(=O)NCc2ccccc2CN2CCCC2)c1. The van der Waals surface area contributed by atoms with Crippen molar-refractivity contribution in [3.63, 3.8) is 0 Å². The molecule has 0 spiro atoms. The van der Waals surface area contributed by atoms with Crippen LogP contribution >= 0.6 is 0 Å². The predicted molar refractivity (Wildman–Crippen MR) is 114 cm³/mol. The monoisotopic (exact) mass is 433 g/mol. The standard InChI is InChI=1S/C22H28FN3O3S/c1-16(2)25-30(28,29)19-9-10-21(23)20(13-19)22(27)24-14-17-7-3-4-8-18(17)15-26-11-5-6-12-26/h3-4,7-10,13,16,25H,5-6,11-12,14-15H2,1-2H3,(H,24,27). The summed E-state index contributed by atoms with van der Waals surface area (Å²) in [5.74, 6) is -1.41. The van der Waals surface area contributed by atoms with Gasteiger partial charge in [-0.25, -0.2) is 17.5 Å². The van der Waals surface area contributed by atoms with Crippen LogP contribution < -0.4 is 10.0 Å². The van der Waals surface area contributed by atoms with Crippen LogP contribution in [0, 0.1) is 5.82 Å². The molecule has 0 aliphatic carbocycles. The Balaban J connectivity index is 1.73. The lowest BCUT2D eigenvalue weighted by Crippen LogP contribution is -2.31. The molecule has 6 nitrogen and oxygen atoms in total. The largest absolute Gasteiger partial charge is 0.348 e. The number of amides is 1. The molecule has 1 saturated heterocycles. The second kappa shape index (κ2) is 9.68. The predicted octanol–water partition coefficient (Wildman–Crippen LogP) is 3.04. The molecular weight excluding hydrogens is 405 g/mol. The topological polar surface area (TPSA) is 78.5 Å². The van der Waals surface area contributed by atoms with Gasteiger partial charge in [-0.3, -0.25) is 9.69 Å². The summed E-state index contributed by atoms with van der Waals surface area (Å²) in [4.78, 5) is 14.8. The maximum absolute atomic E-state index is 14.3. The van der Waals surface area contributed by atoms with Gasteiger partial charge in [0.15, 0.2) is 0 Å². The summed E-state index contributed by atoms with van der Waals surface area (Å²) in [5, 5.41) is 2.73. The lowest BCUT2D eigenvalue weighted by atomic mass is 10.1.